The fourth-order valence-corrected chi connectivity index (χ4v) is 4.72. The highest BCUT2D eigenvalue weighted by molar-refractivity contribution is 5.83. The lowest BCUT2D eigenvalue weighted by molar-refractivity contribution is -0.146. The Hall–Kier alpha value is -3.35. The first-order valence-corrected chi connectivity index (χ1v) is 10.5. The summed E-state index contributed by atoms with van der Waals surface area (Å²) >= 11 is 0. The first-order chi connectivity index (χ1) is 15.0. The zero-order valence-corrected chi connectivity index (χ0v) is 17.3. The molecule has 1 aliphatic carbocycles. The molecule has 1 aliphatic heterocycles. The molecule has 0 spiro atoms. The predicted octanol–water partition coefficient (Wildman–Crippen LogP) is 3.66. The summed E-state index contributed by atoms with van der Waals surface area (Å²) in [6, 6.07) is 14.9. The van der Waals surface area contributed by atoms with Crippen LogP contribution in [0.25, 0.3) is 11.1 Å². The van der Waals surface area contributed by atoms with E-state index in [0.29, 0.717) is 6.42 Å². The van der Waals surface area contributed by atoms with Crippen LogP contribution >= 0.6 is 0 Å². The Bertz CT molecular complexity index is 958. The summed E-state index contributed by atoms with van der Waals surface area (Å²) in [5, 5.41) is 9.68. The van der Waals surface area contributed by atoms with Crippen molar-refractivity contribution in [2.24, 2.45) is 5.92 Å². The fourth-order valence-electron chi connectivity index (χ4n) is 4.72. The van der Waals surface area contributed by atoms with Gasteiger partial charge in [-0.1, -0.05) is 48.5 Å². The minimum Gasteiger partial charge on any atom is -0.480 e. The van der Waals surface area contributed by atoms with Crippen LogP contribution in [0.15, 0.2) is 48.5 Å². The average molecular weight is 423 g/mol. The number of carbonyl (C=O) groups is 3. The topological polar surface area (TPSA) is 93.1 Å². The summed E-state index contributed by atoms with van der Waals surface area (Å²) in [6.45, 7) is 2.29. The third-order valence-corrected chi connectivity index (χ3v) is 6.08. The van der Waals surface area contributed by atoms with E-state index >= 15 is 0 Å². The number of carbonyl (C=O) groups excluding carboxylic acids is 2. The van der Waals surface area contributed by atoms with E-state index in [4.69, 9.17) is 9.47 Å². The van der Waals surface area contributed by atoms with Gasteiger partial charge in [0.15, 0.2) is 0 Å². The third-order valence-electron chi connectivity index (χ3n) is 6.08. The maximum Gasteiger partial charge on any atom is 0.410 e. The van der Waals surface area contributed by atoms with Crippen molar-refractivity contribution >= 4 is 18.0 Å². The van der Waals surface area contributed by atoms with Gasteiger partial charge in [-0.3, -0.25) is 9.69 Å². The molecule has 4 rings (SSSR count). The Labute approximate surface area is 180 Å². The number of amides is 1. The quantitative estimate of drug-likeness (QED) is 0.713. The number of hydrogen-bond acceptors (Lipinski definition) is 5. The summed E-state index contributed by atoms with van der Waals surface area (Å²) in [4.78, 5) is 37.7. The Balaban J connectivity index is 1.46. The van der Waals surface area contributed by atoms with Crippen LogP contribution in [0.3, 0.4) is 0 Å². The van der Waals surface area contributed by atoms with Crippen molar-refractivity contribution in [3.05, 3.63) is 59.7 Å². The Morgan fingerprint density at radius 2 is 1.61 bits per heavy atom. The molecule has 1 saturated heterocycles. The Morgan fingerprint density at radius 3 is 2.19 bits per heavy atom. The van der Waals surface area contributed by atoms with E-state index in [1.807, 2.05) is 36.4 Å². The molecule has 2 aromatic carbocycles. The van der Waals surface area contributed by atoms with Crippen molar-refractivity contribution < 1.29 is 29.0 Å². The zero-order valence-electron chi connectivity index (χ0n) is 17.3. The Morgan fingerprint density at radius 1 is 1.00 bits per heavy atom. The molecule has 0 unspecified atom stereocenters. The molecule has 0 bridgehead atoms. The van der Waals surface area contributed by atoms with E-state index in [-0.39, 0.29) is 32.1 Å². The van der Waals surface area contributed by atoms with Gasteiger partial charge in [0.05, 0.1) is 13.0 Å². The van der Waals surface area contributed by atoms with Crippen molar-refractivity contribution in [1.82, 2.24) is 4.90 Å². The molecule has 0 saturated carbocycles. The molecule has 31 heavy (non-hydrogen) atoms. The molecule has 162 valence electrons. The predicted molar refractivity (Wildman–Crippen MR) is 113 cm³/mol. The number of ether oxygens (including phenoxy) is 2. The van der Waals surface area contributed by atoms with Gasteiger partial charge in [-0.15, -0.1) is 0 Å². The van der Waals surface area contributed by atoms with Crippen molar-refractivity contribution in [2.75, 3.05) is 19.8 Å². The van der Waals surface area contributed by atoms with Gasteiger partial charge in [0.25, 0.3) is 0 Å². The first-order valence-electron chi connectivity index (χ1n) is 10.5. The minimum atomic E-state index is -1.14. The van der Waals surface area contributed by atoms with E-state index in [1.54, 1.807) is 6.92 Å². The molecule has 0 radical (unpaired) electrons. The van der Waals surface area contributed by atoms with Gasteiger partial charge in [-0.25, -0.2) is 9.59 Å². The lowest BCUT2D eigenvalue weighted by Gasteiger charge is -2.25. The van der Waals surface area contributed by atoms with Crippen molar-refractivity contribution in [3.8, 4) is 11.1 Å². The highest BCUT2D eigenvalue weighted by Crippen LogP contribution is 2.44. The second kappa shape index (κ2) is 8.79. The van der Waals surface area contributed by atoms with Crippen LogP contribution in [-0.4, -0.2) is 53.8 Å². The molecule has 2 atom stereocenters. The molecule has 1 amide bonds. The van der Waals surface area contributed by atoms with Crippen LogP contribution in [0.4, 0.5) is 4.79 Å². The smallest absolute Gasteiger partial charge is 0.410 e. The van der Waals surface area contributed by atoms with E-state index in [1.165, 1.54) is 4.90 Å². The first kappa shape index (κ1) is 20.9. The van der Waals surface area contributed by atoms with Crippen LogP contribution in [0, 0.1) is 5.92 Å². The Kier molecular flexibility index (Phi) is 5.93. The summed E-state index contributed by atoms with van der Waals surface area (Å²) in [5.41, 5.74) is 4.43. The molecule has 1 heterocycles. The van der Waals surface area contributed by atoms with Crippen LogP contribution < -0.4 is 0 Å². The number of carboxylic acid groups (broad SMARTS) is 1. The molecular weight excluding hydrogens is 398 g/mol. The fraction of sp³-hybridized carbons (Fsp3) is 0.375. The SMILES string of the molecule is CCOC(=O)C[C@H]1CCN(C(=O)OCC2c3ccccc3-c3ccccc32)[C@@H]1C(=O)O. The number of esters is 1. The summed E-state index contributed by atoms with van der Waals surface area (Å²) in [6.07, 6.45) is -0.279. The number of fused-ring (bicyclic) bond motifs is 3. The maximum absolute atomic E-state index is 12.8. The molecule has 0 aromatic heterocycles. The normalized spacial score (nSPS) is 19.6. The van der Waals surface area contributed by atoms with Crippen LogP contribution in [0.2, 0.25) is 0 Å². The summed E-state index contributed by atoms with van der Waals surface area (Å²) in [7, 11) is 0. The van der Waals surface area contributed by atoms with Crippen molar-refractivity contribution in [3.63, 3.8) is 0 Å². The summed E-state index contributed by atoms with van der Waals surface area (Å²) < 4.78 is 10.6. The monoisotopic (exact) mass is 423 g/mol. The maximum atomic E-state index is 12.8. The van der Waals surface area contributed by atoms with Crippen LogP contribution in [-0.2, 0) is 19.1 Å². The molecule has 2 aliphatic rings. The van der Waals surface area contributed by atoms with Gasteiger partial charge < -0.3 is 14.6 Å². The minimum absolute atomic E-state index is 0.0298. The third kappa shape index (κ3) is 4.00. The molecular formula is C24H25NO6. The second-order valence-electron chi connectivity index (χ2n) is 7.84. The number of nitrogens with zero attached hydrogens (tertiary/aromatic N) is 1. The van der Waals surface area contributed by atoms with Crippen molar-refractivity contribution in [2.45, 2.75) is 31.7 Å². The number of likely N-dealkylation sites (tertiary alicyclic amines) is 1. The molecule has 2 aromatic rings. The van der Waals surface area contributed by atoms with E-state index in [0.717, 1.165) is 22.3 Å². The van der Waals surface area contributed by atoms with Gasteiger partial charge in [0.1, 0.15) is 12.6 Å². The highest BCUT2D eigenvalue weighted by Gasteiger charge is 2.44. The number of carboxylic acids is 1. The second-order valence-corrected chi connectivity index (χ2v) is 7.84. The van der Waals surface area contributed by atoms with Gasteiger partial charge in [-0.2, -0.15) is 0 Å². The van der Waals surface area contributed by atoms with Crippen LogP contribution in [0.1, 0.15) is 36.8 Å². The lowest BCUT2D eigenvalue weighted by atomic mass is 9.97. The van der Waals surface area contributed by atoms with Gasteiger partial charge >= 0.3 is 18.0 Å². The molecule has 1 fully saturated rings. The van der Waals surface area contributed by atoms with Crippen molar-refractivity contribution in [1.29, 1.82) is 0 Å². The highest BCUT2D eigenvalue weighted by atomic mass is 16.6. The zero-order chi connectivity index (χ0) is 22.0. The number of benzene rings is 2. The average Bonchev–Trinajstić information content (AvgIpc) is 3.32. The standard InChI is InChI=1S/C24H25NO6/c1-2-30-21(26)13-15-11-12-25(22(15)23(27)28)24(29)31-14-20-18-9-5-3-7-16(18)17-8-4-6-10-19(17)20/h3-10,15,20,22H,2,11-14H2,1H3,(H,27,28)/t15-,22+/m1/s1. The number of rotatable bonds is 6. The molecule has 1 N–H and O–H groups in total. The van der Waals surface area contributed by atoms with E-state index in [9.17, 15) is 19.5 Å². The summed E-state index contributed by atoms with van der Waals surface area (Å²) in [5.74, 6) is -2.18. The van der Waals surface area contributed by atoms with E-state index in [2.05, 4.69) is 12.1 Å². The molecule has 7 heteroatoms. The van der Waals surface area contributed by atoms with Crippen LogP contribution in [0.5, 0.6) is 0 Å². The van der Waals surface area contributed by atoms with Gasteiger partial charge in [0, 0.05) is 18.4 Å². The molecule has 7 nitrogen and oxygen atoms in total. The number of hydrogen-bond donors (Lipinski definition) is 1. The number of aliphatic carboxylic acids is 1. The van der Waals surface area contributed by atoms with E-state index < -0.39 is 30.0 Å². The van der Waals surface area contributed by atoms with Gasteiger partial charge in [-0.05, 0) is 35.6 Å². The lowest BCUT2D eigenvalue weighted by Crippen LogP contribution is -2.44. The largest absolute Gasteiger partial charge is 0.480 e. The van der Waals surface area contributed by atoms with Gasteiger partial charge in [0.2, 0.25) is 0 Å².